The molecule has 2 rings (SSSR count). The molecule has 1 aromatic heterocycles. The molecule has 0 aromatic carbocycles. The molecule has 5 heteroatoms. The number of likely N-dealkylation sites (N-methyl/N-ethyl adjacent to an activating group) is 2. The zero-order valence-electron chi connectivity index (χ0n) is 13.3. The molecule has 2 heterocycles. The van der Waals surface area contributed by atoms with Gasteiger partial charge < -0.3 is 10.6 Å². The highest BCUT2D eigenvalue weighted by Crippen LogP contribution is 2.28. The van der Waals surface area contributed by atoms with Gasteiger partial charge >= 0.3 is 0 Å². The lowest BCUT2D eigenvalue weighted by Gasteiger charge is -2.41. The molecule has 1 fully saturated rings. The van der Waals surface area contributed by atoms with E-state index in [-0.39, 0.29) is 12.1 Å². The largest absolute Gasteiger partial charge is 0.326 e. The minimum atomic E-state index is 0.149. The number of nitrogens with zero attached hydrogens (tertiary/aromatic N) is 4. The zero-order chi connectivity index (χ0) is 14.7. The van der Waals surface area contributed by atoms with E-state index in [1.165, 1.54) is 24.9 Å². The Morgan fingerprint density at radius 2 is 2.25 bits per heavy atom. The van der Waals surface area contributed by atoms with Gasteiger partial charge in [-0.2, -0.15) is 5.10 Å². The number of hydrogen-bond donors (Lipinski definition) is 1. The Labute approximate surface area is 122 Å². The van der Waals surface area contributed by atoms with Crippen LogP contribution in [0.15, 0.2) is 12.4 Å². The van der Waals surface area contributed by atoms with Crippen LogP contribution in [0.5, 0.6) is 0 Å². The van der Waals surface area contributed by atoms with Gasteiger partial charge in [0.05, 0.1) is 12.2 Å². The van der Waals surface area contributed by atoms with Crippen molar-refractivity contribution in [3.8, 4) is 0 Å². The summed E-state index contributed by atoms with van der Waals surface area (Å²) in [5.41, 5.74) is 7.64. The summed E-state index contributed by atoms with van der Waals surface area (Å²) in [7, 11) is 6.39. The predicted octanol–water partition coefficient (Wildman–Crippen LogP) is 1.22. The Morgan fingerprint density at radius 3 is 2.80 bits per heavy atom. The third-order valence-corrected chi connectivity index (χ3v) is 4.56. The molecular weight excluding hydrogens is 250 g/mol. The zero-order valence-corrected chi connectivity index (χ0v) is 13.3. The molecule has 2 N–H and O–H groups in total. The number of aryl methyl sites for hydroxylation is 1. The topological polar surface area (TPSA) is 50.3 Å². The van der Waals surface area contributed by atoms with Crippen LogP contribution in [0.3, 0.4) is 0 Å². The summed E-state index contributed by atoms with van der Waals surface area (Å²) >= 11 is 0. The normalized spacial score (nSPS) is 24.0. The fraction of sp³-hybridized carbons (Fsp3) is 0.800. The Hall–Kier alpha value is -0.910. The van der Waals surface area contributed by atoms with Crippen molar-refractivity contribution < 1.29 is 0 Å². The van der Waals surface area contributed by atoms with Crippen LogP contribution in [0, 0.1) is 0 Å². The van der Waals surface area contributed by atoms with Crippen molar-refractivity contribution in [2.75, 3.05) is 27.2 Å². The van der Waals surface area contributed by atoms with E-state index in [1.54, 1.807) is 0 Å². The van der Waals surface area contributed by atoms with E-state index >= 15 is 0 Å². The fourth-order valence-electron chi connectivity index (χ4n) is 3.30. The fourth-order valence-corrected chi connectivity index (χ4v) is 3.30. The van der Waals surface area contributed by atoms with Crippen LogP contribution in [0.2, 0.25) is 0 Å². The van der Waals surface area contributed by atoms with E-state index in [4.69, 9.17) is 5.73 Å². The standard InChI is InChI=1S/C15H29N5/c1-5-14(16)15(12-9-17-19(3)10-12)20(4)13-7-6-8-18(2)11-13/h9-10,13-15H,5-8,11,16H2,1-4H3. The lowest BCUT2D eigenvalue weighted by atomic mass is 9.95. The smallest absolute Gasteiger partial charge is 0.0538 e. The van der Waals surface area contributed by atoms with Crippen molar-refractivity contribution in [2.24, 2.45) is 12.8 Å². The molecule has 1 aliphatic heterocycles. The van der Waals surface area contributed by atoms with Crippen LogP contribution in [-0.2, 0) is 7.05 Å². The minimum Gasteiger partial charge on any atom is -0.326 e. The first-order valence-electron chi connectivity index (χ1n) is 7.67. The molecule has 0 aliphatic carbocycles. The Morgan fingerprint density at radius 1 is 1.50 bits per heavy atom. The molecular formula is C15H29N5. The first kappa shape index (κ1) is 15.5. The van der Waals surface area contributed by atoms with Crippen LogP contribution in [-0.4, -0.2) is 58.8 Å². The molecule has 0 bridgehead atoms. The average Bonchev–Trinajstić information content (AvgIpc) is 2.85. The van der Waals surface area contributed by atoms with Gasteiger partial charge in [0.2, 0.25) is 0 Å². The lowest BCUT2D eigenvalue weighted by Crippen LogP contribution is -2.50. The van der Waals surface area contributed by atoms with Gasteiger partial charge in [-0.25, -0.2) is 0 Å². The number of aromatic nitrogens is 2. The molecule has 0 amide bonds. The second kappa shape index (κ2) is 6.70. The van der Waals surface area contributed by atoms with E-state index in [1.807, 2.05) is 17.9 Å². The number of nitrogens with two attached hydrogens (primary N) is 1. The maximum atomic E-state index is 6.41. The van der Waals surface area contributed by atoms with Gasteiger partial charge in [-0.15, -0.1) is 0 Å². The molecule has 1 aliphatic rings. The summed E-state index contributed by atoms with van der Waals surface area (Å²) in [5.74, 6) is 0. The molecule has 0 saturated carbocycles. The molecule has 20 heavy (non-hydrogen) atoms. The summed E-state index contributed by atoms with van der Waals surface area (Å²) in [6.07, 6.45) is 7.57. The van der Waals surface area contributed by atoms with Gasteiger partial charge in [0.1, 0.15) is 0 Å². The average molecular weight is 279 g/mol. The second-order valence-corrected chi connectivity index (χ2v) is 6.19. The molecule has 0 radical (unpaired) electrons. The van der Waals surface area contributed by atoms with Crippen molar-refractivity contribution in [3.05, 3.63) is 18.0 Å². The third-order valence-electron chi connectivity index (χ3n) is 4.56. The van der Waals surface area contributed by atoms with E-state index in [0.717, 1.165) is 13.0 Å². The monoisotopic (exact) mass is 279 g/mol. The quantitative estimate of drug-likeness (QED) is 0.880. The van der Waals surface area contributed by atoms with Crippen LogP contribution in [0.1, 0.15) is 37.8 Å². The Balaban J connectivity index is 2.17. The maximum absolute atomic E-state index is 6.41. The molecule has 3 unspecified atom stereocenters. The van der Waals surface area contributed by atoms with Crippen molar-refractivity contribution in [2.45, 2.75) is 44.3 Å². The van der Waals surface area contributed by atoms with Gasteiger partial charge in [-0.1, -0.05) is 6.92 Å². The molecule has 3 atom stereocenters. The van der Waals surface area contributed by atoms with E-state index in [2.05, 4.69) is 42.1 Å². The summed E-state index contributed by atoms with van der Waals surface area (Å²) < 4.78 is 1.87. The molecule has 5 nitrogen and oxygen atoms in total. The first-order chi connectivity index (χ1) is 9.52. The summed E-state index contributed by atoms with van der Waals surface area (Å²) in [6, 6.07) is 0.984. The molecule has 114 valence electrons. The van der Waals surface area contributed by atoms with Crippen LogP contribution in [0.4, 0.5) is 0 Å². The van der Waals surface area contributed by atoms with E-state index in [9.17, 15) is 0 Å². The highest BCUT2D eigenvalue weighted by Gasteiger charge is 2.31. The molecule has 1 saturated heterocycles. The first-order valence-corrected chi connectivity index (χ1v) is 7.67. The number of piperidine rings is 1. The Bertz CT molecular complexity index is 416. The second-order valence-electron chi connectivity index (χ2n) is 6.19. The van der Waals surface area contributed by atoms with Crippen molar-refractivity contribution in [1.29, 1.82) is 0 Å². The number of likely N-dealkylation sites (tertiary alicyclic amines) is 1. The van der Waals surface area contributed by atoms with Crippen LogP contribution in [0.25, 0.3) is 0 Å². The SMILES string of the molecule is CCC(N)C(c1cnn(C)c1)N(C)C1CCCN(C)C1. The molecule has 0 spiro atoms. The van der Waals surface area contributed by atoms with Gasteiger partial charge in [0.25, 0.3) is 0 Å². The molecule has 1 aromatic rings. The van der Waals surface area contributed by atoms with E-state index < -0.39 is 0 Å². The highest BCUT2D eigenvalue weighted by molar-refractivity contribution is 5.14. The van der Waals surface area contributed by atoms with Crippen molar-refractivity contribution >= 4 is 0 Å². The van der Waals surface area contributed by atoms with Crippen molar-refractivity contribution in [1.82, 2.24) is 19.6 Å². The minimum absolute atomic E-state index is 0.149. The van der Waals surface area contributed by atoms with Crippen molar-refractivity contribution in [3.63, 3.8) is 0 Å². The summed E-state index contributed by atoms with van der Waals surface area (Å²) in [6.45, 7) is 4.50. The third kappa shape index (κ3) is 3.40. The van der Waals surface area contributed by atoms with Crippen LogP contribution < -0.4 is 5.73 Å². The van der Waals surface area contributed by atoms with Crippen LogP contribution >= 0.6 is 0 Å². The summed E-state index contributed by atoms with van der Waals surface area (Å²) in [5, 5.41) is 4.32. The Kier molecular flexibility index (Phi) is 5.18. The maximum Gasteiger partial charge on any atom is 0.0538 e. The van der Waals surface area contributed by atoms with Gasteiger partial charge in [-0.3, -0.25) is 9.58 Å². The lowest BCUT2D eigenvalue weighted by molar-refractivity contribution is 0.0860. The van der Waals surface area contributed by atoms with E-state index in [0.29, 0.717) is 6.04 Å². The van der Waals surface area contributed by atoms with Gasteiger partial charge in [-0.05, 0) is 39.9 Å². The number of hydrogen-bond acceptors (Lipinski definition) is 4. The highest BCUT2D eigenvalue weighted by atomic mass is 15.3. The van der Waals surface area contributed by atoms with Gasteiger partial charge in [0.15, 0.2) is 0 Å². The predicted molar refractivity (Wildman–Crippen MR) is 82.5 cm³/mol. The number of rotatable bonds is 5. The summed E-state index contributed by atoms with van der Waals surface area (Å²) in [4.78, 5) is 4.89. The van der Waals surface area contributed by atoms with Gasteiger partial charge in [0, 0.05) is 37.4 Å².